The van der Waals surface area contributed by atoms with Crippen molar-refractivity contribution in [3.63, 3.8) is 0 Å². The van der Waals surface area contributed by atoms with Crippen molar-refractivity contribution in [3.8, 4) is 11.9 Å². The quantitative estimate of drug-likeness (QED) is 0.530. The van der Waals surface area contributed by atoms with Crippen molar-refractivity contribution >= 4 is 16.7 Å². The molecule has 102 valence electrons. The van der Waals surface area contributed by atoms with E-state index in [2.05, 4.69) is 9.97 Å². The van der Waals surface area contributed by atoms with Gasteiger partial charge in [-0.3, -0.25) is 14.7 Å². The number of imidazole rings is 1. The molecule has 0 unspecified atom stereocenters. The van der Waals surface area contributed by atoms with Crippen molar-refractivity contribution in [1.82, 2.24) is 14.5 Å². The average molecular weight is 279 g/mol. The zero-order chi connectivity index (χ0) is 15.0. The first-order chi connectivity index (χ1) is 10.1. The lowest BCUT2D eigenvalue weighted by Crippen LogP contribution is -2.04. The van der Waals surface area contributed by atoms with Crippen LogP contribution in [0.4, 0.5) is 5.69 Å². The van der Waals surface area contributed by atoms with Crippen LogP contribution in [0.5, 0.6) is 0 Å². The van der Waals surface area contributed by atoms with Crippen molar-refractivity contribution in [2.24, 2.45) is 0 Å². The summed E-state index contributed by atoms with van der Waals surface area (Å²) in [5.74, 6) is 1.00. The first-order valence-corrected chi connectivity index (χ1v) is 6.11. The highest BCUT2D eigenvalue weighted by Gasteiger charge is 2.17. The zero-order valence-corrected chi connectivity index (χ0v) is 11.0. The molecule has 0 fully saturated rings. The Balaban J connectivity index is 2.31. The van der Waals surface area contributed by atoms with Gasteiger partial charge in [0.2, 0.25) is 0 Å². The minimum Gasteiger partial charge on any atom is -0.279 e. The molecule has 0 aliphatic carbocycles. The van der Waals surface area contributed by atoms with Gasteiger partial charge in [-0.15, -0.1) is 0 Å². The molecule has 0 N–H and O–H groups in total. The number of hydrogen-bond acceptors (Lipinski definition) is 5. The van der Waals surface area contributed by atoms with Crippen LogP contribution in [0, 0.1) is 28.4 Å². The highest BCUT2D eigenvalue weighted by atomic mass is 16.6. The highest BCUT2D eigenvalue weighted by Crippen LogP contribution is 2.24. The molecule has 0 aliphatic heterocycles. The smallest absolute Gasteiger partial charge is 0.279 e. The maximum Gasteiger partial charge on any atom is 0.289 e. The lowest BCUT2D eigenvalue weighted by Gasteiger charge is -2.07. The number of aryl methyl sites for hydroxylation is 1. The van der Waals surface area contributed by atoms with E-state index in [-0.39, 0.29) is 11.3 Å². The summed E-state index contributed by atoms with van der Waals surface area (Å²) in [6.07, 6.45) is 1.14. The summed E-state index contributed by atoms with van der Waals surface area (Å²) in [6, 6.07) is 10.6. The van der Waals surface area contributed by atoms with E-state index in [1.807, 2.05) is 30.3 Å². The number of pyridine rings is 1. The molecule has 7 heteroatoms. The van der Waals surface area contributed by atoms with Crippen LogP contribution in [0.25, 0.3) is 16.9 Å². The Labute approximate surface area is 119 Å². The Morgan fingerprint density at radius 1 is 1.38 bits per heavy atom. The monoisotopic (exact) mass is 279 g/mol. The summed E-state index contributed by atoms with van der Waals surface area (Å²) < 4.78 is 1.72. The van der Waals surface area contributed by atoms with Gasteiger partial charge in [0.1, 0.15) is 23.7 Å². The molecule has 0 radical (unpaired) electrons. The molecular formula is C14H9N5O2. The van der Waals surface area contributed by atoms with Gasteiger partial charge < -0.3 is 0 Å². The van der Waals surface area contributed by atoms with Gasteiger partial charge in [0.25, 0.3) is 5.69 Å². The van der Waals surface area contributed by atoms with Crippen LogP contribution in [0.3, 0.4) is 0 Å². The van der Waals surface area contributed by atoms with Gasteiger partial charge in [-0.2, -0.15) is 5.26 Å². The van der Waals surface area contributed by atoms with Crippen LogP contribution in [0.1, 0.15) is 11.4 Å². The summed E-state index contributed by atoms with van der Waals surface area (Å²) in [7, 11) is 0. The van der Waals surface area contributed by atoms with Crippen LogP contribution in [0.15, 0.2) is 36.5 Å². The van der Waals surface area contributed by atoms with E-state index in [0.29, 0.717) is 11.6 Å². The molecule has 0 atom stereocenters. The standard InChI is InChI=1S/C14H9N5O2/c1-9-17-12-4-2-3-5-13(12)18(9)14-10(7-15)6-11(8-16-14)19(20)21/h2-6,8H,1H3. The Hall–Kier alpha value is -3.27. The molecule has 2 heterocycles. The number of nitriles is 1. The second kappa shape index (κ2) is 4.68. The predicted molar refractivity (Wildman–Crippen MR) is 75.0 cm³/mol. The number of benzene rings is 1. The molecule has 3 rings (SSSR count). The van der Waals surface area contributed by atoms with Gasteiger partial charge in [-0.05, 0) is 19.1 Å². The Bertz CT molecular complexity index is 907. The second-order valence-corrected chi connectivity index (χ2v) is 4.42. The number of nitro groups is 1. The Morgan fingerprint density at radius 3 is 2.86 bits per heavy atom. The first-order valence-electron chi connectivity index (χ1n) is 6.11. The third kappa shape index (κ3) is 1.99. The summed E-state index contributed by atoms with van der Waals surface area (Å²) in [5, 5.41) is 20.0. The molecule has 21 heavy (non-hydrogen) atoms. The van der Waals surface area contributed by atoms with E-state index in [1.165, 1.54) is 6.07 Å². The van der Waals surface area contributed by atoms with E-state index >= 15 is 0 Å². The fourth-order valence-corrected chi connectivity index (χ4v) is 2.22. The van der Waals surface area contributed by atoms with E-state index in [9.17, 15) is 15.4 Å². The summed E-state index contributed by atoms with van der Waals surface area (Å²) >= 11 is 0. The van der Waals surface area contributed by atoms with Gasteiger partial charge in [0, 0.05) is 6.07 Å². The molecule has 0 spiro atoms. The van der Waals surface area contributed by atoms with Crippen LogP contribution >= 0.6 is 0 Å². The number of hydrogen-bond donors (Lipinski definition) is 0. The molecule has 0 saturated heterocycles. The number of aromatic nitrogens is 3. The van der Waals surface area contributed by atoms with Crippen LogP contribution in [0.2, 0.25) is 0 Å². The van der Waals surface area contributed by atoms with Crippen molar-refractivity contribution < 1.29 is 4.92 Å². The summed E-state index contributed by atoms with van der Waals surface area (Å²) in [6.45, 7) is 1.80. The fourth-order valence-electron chi connectivity index (χ4n) is 2.22. The molecular weight excluding hydrogens is 270 g/mol. The largest absolute Gasteiger partial charge is 0.289 e. The third-order valence-corrected chi connectivity index (χ3v) is 3.12. The normalized spacial score (nSPS) is 10.5. The van der Waals surface area contributed by atoms with E-state index in [4.69, 9.17) is 0 Å². The zero-order valence-electron chi connectivity index (χ0n) is 11.0. The molecule has 0 amide bonds. The van der Waals surface area contributed by atoms with Gasteiger partial charge >= 0.3 is 0 Å². The van der Waals surface area contributed by atoms with Gasteiger partial charge in [0.15, 0.2) is 5.82 Å². The highest BCUT2D eigenvalue weighted by molar-refractivity contribution is 5.78. The second-order valence-electron chi connectivity index (χ2n) is 4.42. The van der Waals surface area contributed by atoms with E-state index < -0.39 is 4.92 Å². The Morgan fingerprint density at radius 2 is 2.14 bits per heavy atom. The number of nitrogens with zero attached hydrogens (tertiary/aromatic N) is 5. The predicted octanol–water partition coefficient (Wildman–Crippen LogP) is 2.51. The van der Waals surface area contributed by atoms with Crippen molar-refractivity contribution in [1.29, 1.82) is 5.26 Å². The number of para-hydroxylation sites is 2. The fraction of sp³-hybridized carbons (Fsp3) is 0.0714. The molecule has 0 saturated carbocycles. The van der Waals surface area contributed by atoms with Crippen LogP contribution in [-0.2, 0) is 0 Å². The van der Waals surface area contributed by atoms with Crippen molar-refractivity contribution in [3.05, 3.63) is 58.0 Å². The minimum absolute atomic E-state index is 0.135. The molecule has 0 bridgehead atoms. The average Bonchev–Trinajstić information content (AvgIpc) is 2.82. The van der Waals surface area contributed by atoms with Crippen LogP contribution in [-0.4, -0.2) is 19.5 Å². The summed E-state index contributed by atoms with van der Waals surface area (Å²) in [4.78, 5) is 18.7. The van der Waals surface area contributed by atoms with E-state index in [1.54, 1.807) is 11.5 Å². The topological polar surface area (TPSA) is 97.6 Å². The van der Waals surface area contributed by atoms with Gasteiger partial charge in [-0.25, -0.2) is 9.97 Å². The third-order valence-electron chi connectivity index (χ3n) is 3.12. The molecule has 7 nitrogen and oxygen atoms in total. The van der Waals surface area contributed by atoms with Crippen molar-refractivity contribution in [2.75, 3.05) is 0 Å². The lowest BCUT2D eigenvalue weighted by atomic mass is 10.2. The molecule has 2 aromatic heterocycles. The van der Waals surface area contributed by atoms with Crippen molar-refractivity contribution in [2.45, 2.75) is 6.92 Å². The maximum absolute atomic E-state index is 10.8. The van der Waals surface area contributed by atoms with Gasteiger partial charge in [0.05, 0.1) is 16.0 Å². The minimum atomic E-state index is -0.573. The molecule has 1 aromatic carbocycles. The number of fused-ring (bicyclic) bond motifs is 1. The molecule has 0 aliphatic rings. The van der Waals surface area contributed by atoms with Crippen LogP contribution < -0.4 is 0 Å². The maximum atomic E-state index is 10.8. The SMILES string of the molecule is Cc1nc2ccccc2n1-c1ncc([N+](=O)[O-])cc1C#N. The van der Waals surface area contributed by atoms with Gasteiger partial charge in [-0.1, -0.05) is 12.1 Å². The summed E-state index contributed by atoms with van der Waals surface area (Å²) in [5.41, 5.74) is 1.50. The lowest BCUT2D eigenvalue weighted by molar-refractivity contribution is -0.385. The van der Waals surface area contributed by atoms with E-state index in [0.717, 1.165) is 17.2 Å². The Kier molecular flexibility index (Phi) is 2.84. The molecule has 3 aromatic rings. The number of rotatable bonds is 2. The first kappa shape index (κ1) is 12.7.